The van der Waals surface area contributed by atoms with Crippen LogP contribution in [0.3, 0.4) is 0 Å². The second kappa shape index (κ2) is 4.33. The van der Waals surface area contributed by atoms with Gasteiger partial charge < -0.3 is 14.3 Å². The average molecular weight is 248 g/mol. The van der Waals surface area contributed by atoms with Crippen molar-refractivity contribution in [3.63, 3.8) is 0 Å². The number of benzene rings is 1. The molecule has 18 heavy (non-hydrogen) atoms. The highest BCUT2D eigenvalue weighted by Gasteiger charge is 2.14. The Morgan fingerprint density at radius 1 is 1.33 bits per heavy atom. The summed E-state index contributed by atoms with van der Waals surface area (Å²) in [6.07, 6.45) is 0. The Balaban J connectivity index is 2.72. The Bertz CT molecular complexity index is 697. The van der Waals surface area contributed by atoms with Crippen molar-refractivity contribution in [2.75, 3.05) is 0 Å². The van der Waals surface area contributed by atoms with Crippen molar-refractivity contribution in [1.82, 2.24) is 0 Å². The van der Waals surface area contributed by atoms with E-state index in [-0.39, 0.29) is 11.3 Å². The van der Waals surface area contributed by atoms with Crippen molar-refractivity contribution in [2.24, 2.45) is 0 Å². The number of carboxylic acids is 1. The highest BCUT2D eigenvalue weighted by atomic mass is 16.5. The summed E-state index contributed by atoms with van der Waals surface area (Å²) in [6.45, 7) is 1.21. The van der Waals surface area contributed by atoms with Crippen LogP contribution in [0.25, 0.3) is 11.0 Å². The monoisotopic (exact) mass is 248 g/mol. The smallest absolute Gasteiger partial charge is 0.351 e. The van der Waals surface area contributed by atoms with Crippen LogP contribution in [0.2, 0.25) is 0 Å². The maximum atomic E-state index is 11.4. The van der Waals surface area contributed by atoms with Crippen molar-refractivity contribution < 1.29 is 23.8 Å². The van der Waals surface area contributed by atoms with Gasteiger partial charge in [-0.25, -0.2) is 9.59 Å². The second-order valence-electron chi connectivity index (χ2n) is 3.52. The molecule has 0 radical (unpaired) electrons. The lowest BCUT2D eigenvalue weighted by atomic mass is 10.2. The van der Waals surface area contributed by atoms with Gasteiger partial charge in [-0.1, -0.05) is 12.1 Å². The quantitative estimate of drug-likeness (QED) is 0.490. The third-order valence-corrected chi connectivity index (χ3v) is 2.21. The summed E-state index contributed by atoms with van der Waals surface area (Å²) in [5, 5.41) is 9.16. The standard InChI is InChI=1S/C12H8O6/c1-6(13)17-9-4-2-3-7-5-8(11(14)15)12(16)18-10(7)9/h2-5H,1H3,(H,14,15). The largest absolute Gasteiger partial charge is 0.477 e. The van der Waals surface area contributed by atoms with Gasteiger partial charge in [0.25, 0.3) is 0 Å². The van der Waals surface area contributed by atoms with E-state index in [1.54, 1.807) is 12.1 Å². The molecule has 92 valence electrons. The molecule has 1 aromatic heterocycles. The predicted molar refractivity (Wildman–Crippen MR) is 60.8 cm³/mol. The van der Waals surface area contributed by atoms with E-state index in [0.29, 0.717) is 5.39 Å². The van der Waals surface area contributed by atoms with Gasteiger partial charge in [-0.15, -0.1) is 0 Å². The molecule has 0 unspecified atom stereocenters. The number of carbonyl (C=O) groups is 2. The summed E-state index contributed by atoms with van der Waals surface area (Å²) < 4.78 is 9.74. The maximum absolute atomic E-state index is 11.4. The number of para-hydroxylation sites is 1. The van der Waals surface area contributed by atoms with Gasteiger partial charge in [0.1, 0.15) is 5.56 Å². The van der Waals surface area contributed by atoms with Gasteiger partial charge in [0.15, 0.2) is 11.3 Å². The first kappa shape index (κ1) is 11.8. The highest BCUT2D eigenvalue weighted by Crippen LogP contribution is 2.24. The Hall–Kier alpha value is -2.63. The molecular weight excluding hydrogens is 240 g/mol. The van der Waals surface area contributed by atoms with Crippen LogP contribution < -0.4 is 10.4 Å². The summed E-state index contributed by atoms with van der Waals surface area (Å²) in [5.41, 5.74) is -1.42. The summed E-state index contributed by atoms with van der Waals surface area (Å²) in [6, 6.07) is 5.74. The maximum Gasteiger partial charge on any atom is 0.351 e. The van der Waals surface area contributed by atoms with E-state index in [0.717, 1.165) is 0 Å². The number of carbonyl (C=O) groups excluding carboxylic acids is 1. The molecule has 0 aliphatic carbocycles. The van der Waals surface area contributed by atoms with Crippen molar-refractivity contribution in [3.8, 4) is 5.75 Å². The molecular formula is C12H8O6. The third-order valence-electron chi connectivity index (χ3n) is 2.21. The normalized spacial score (nSPS) is 10.3. The fourth-order valence-electron chi connectivity index (χ4n) is 1.50. The van der Waals surface area contributed by atoms with Crippen LogP contribution in [0, 0.1) is 0 Å². The van der Waals surface area contributed by atoms with Crippen LogP contribution in [0.15, 0.2) is 33.5 Å². The molecule has 1 aromatic carbocycles. The molecule has 2 rings (SSSR count). The summed E-state index contributed by atoms with van der Waals surface area (Å²) >= 11 is 0. The molecule has 0 fully saturated rings. The Morgan fingerprint density at radius 2 is 2.06 bits per heavy atom. The molecule has 0 spiro atoms. The summed E-state index contributed by atoms with van der Waals surface area (Å²) in [4.78, 5) is 33.1. The summed E-state index contributed by atoms with van der Waals surface area (Å²) in [5.74, 6) is -1.86. The lowest BCUT2D eigenvalue weighted by molar-refractivity contribution is -0.131. The van der Waals surface area contributed by atoms with E-state index in [2.05, 4.69) is 0 Å². The van der Waals surface area contributed by atoms with Crippen molar-refractivity contribution in [3.05, 3.63) is 40.2 Å². The number of esters is 1. The van der Waals surface area contributed by atoms with Crippen LogP contribution in [0.1, 0.15) is 17.3 Å². The molecule has 6 nitrogen and oxygen atoms in total. The molecule has 0 saturated heterocycles. The Labute approximate surface area is 100 Å². The predicted octanol–water partition coefficient (Wildman–Crippen LogP) is 1.42. The zero-order valence-electron chi connectivity index (χ0n) is 9.30. The minimum Gasteiger partial charge on any atom is -0.477 e. The highest BCUT2D eigenvalue weighted by molar-refractivity contribution is 5.93. The zero-order valence-corrected chi connectivity index (χ0v) is 9.30. The molecule has 0 bridgehead atoms. The van der Waals surface area contributed by atoms with E-state index in [4.69, 9.17) is 14.3 Å². The molecule has 0 atom stereocenters. The van der Waals surface area contributed by atoms with Gasteiger partial charge in [-0.3, -0.25) is 4.79 Å². The van der Waals surface area contributed by atoms with Gasteiger partial charge in [0, 0.05) is 12.3 Å². The van der Waals surface area contributed by atoms with Crippen molar-refractivity contribution in [2.45, 2.75) is 6.92 Å². The SMILES string of the molecule is CC(=O)Oc1cccc2cc(C(=O)O)c(=O)oc12. The average Bonchev–Trinajstić information content (AvgIpc) is 2.28. The molecule has 0 aliphatic heterocycles. The third kappa shape index (κ3) is 2.08. The first-order chi connectivity index (χ1) is 8.49. The molecule has 0 aliphatic rings. The van der Waals surface area contributed by atoms with Gasteiger partial charge in [0.2, 0.25) is 0 Å². The topological polar surface area (TPSA) is 93.8 Å². The van der Waals surface area contributed by atoms with E-state index in [1.807, 2.05) is 0 Å². The van der Waals surface area contributed by atoms with Crippen LogP contribution in [-0.4, -0.2) is 17.0 Å². The fraction of sp³-hybridized carbons (Fsp3) is 0.0833. The zero-order chi connectivity index (χ0) is 13.3. The Morgan fingerprint density at radius 3 is 2.67 bits per heavy atom. The van der Waals surface area contributed by atoms with E-state index < -0.39 is 23.1 Å². The molecule has 2 aromatic rings. The number of rotatable bonds is 2. The molecule has 1 N–H and O–H groups in total. The van der Waals surface area contributed by atoms with Crippen LogP contribution >= 0.6 is 0 Å². The fourth-order valence-corrected chi connectivity index (χ4v) is 1.50. The minimum absolute atomic E-state index is 0.0442. The first-order valence-electron chi connectivity index (χ1n) is 4.97. The Kier molecular flexibility index (Phi) is 2.85. The van der Waals surface area contributed by atoms with Gasteiger partial charge in [0.05, 0.1) is 0 Å². The lowest BCUT2D eigenvalue weighted by Crippen LogP contribution is -2.13. The molecule has 1 heterocycles. The number of ether oxygens (including phenoxy) is 1. The van der Waals surface area contributed by atoms with Crippen LogP contribution in [0.5, 0.6) is 5.75 Å². The van der Waals surface area contributed by atoms with E-state index >= 15 is 0 Å². The first-order valence-corrected chi connectivity index (χ1v) is 4.97. The number of hydrogen-bond acceptors (Lipinski definition) is 5. The number of fused-ring (bicyclic) bond motifs is 1. The van der Waals surface area contributed by atoms with Gasteiger partial charge >= 0.3 is 17.6 Å². The number of carboxylic acid groups (broad SMARTS) is 1. The number of aromatic carboxylic acids is 1. The molecule has 0 saturated carbocycles. The van der Waals surface area contributed by atoms with Gasteiger partial charge in [-0.05, 0) is 12.1 Å². The second-order valence-corrected chi connectivity index (χ2v) is 3.52. The van der Waals surface area contributed by atoms with E-state index in [1.165, 1.54) is 19.1 Å². The number of hydrogen-bond donors (Lipinski definition) is 1. The minimum atomic E-state index is -1.37. The molecule has 0 amide bonds. The van der Waals surface area contributed by atoms with Crippen molar-refractivity contribution >= 4 is 22.9 Å². The van der Waals surface area contributed by atoms with Crippen LogP contribution in [0.4, 0.5) is 0 Å². The molecule has 6 heteroatoms. The van der Waals surface area contributed by atoms with Gasteiger partial charge in [-0.2, -0.15) is 0 Å². The van der Waals surface area contributed by atoms with Crippen LogP contribution in [-0.2, 0) is 4.79 Å². The lowest BCUT2D eigenvalue weighted by Gasteiger charge is -2.04. The van der Waals surface area contributed by atoms with Crippen molar-refractivity contribution in [1.29, 1.82) is 0 Å². The summed E-state index contributed by atoms with van der Waals surface area (Å²) in [7, 11) is 0. The van der Waals surface area contributed by atoms with E-state index in [9.17, 15) is 14.4 Å².